The third-order valence-corrected chi connectivity index (χ3v) is 3.96. The van der Waals surface area contributed by atoms with Gasteiger partial charge in [-0.25, -0.2) is 0 Å². The summed E-state index contributed by atoms with van der Waals surface area (Å²) >= 11 is 6.11. The van der Waals surface area contributed by atoms with Gasteiger partial charge in [-0.1, -0.05) is 25.4 Å². The number of hydrogen-bond donors (Lipinski definition) is 2. The zero-order valence-electron chi connectivity index (χ0n) is 10.9. The molecule has 0 radical (unpaired) electrons. The molecule has 3 heteroatoms. The monoisotopic (exact) mass is 262 g/mol. The minimum atomic E-state index is 0.458. The van der Waals surface area contributed by atoms with E-state index in [9.17, 15) is 0 Å². The van der Waals surface area contributed by atoms with E-state index in [0.29, 0.717) is 12.0 Å². The summed E-state index contributed by atoms with van der Waals surface area (Å²) in [6, 6.07) is 6.59. The number of benzene rings is 1. The van der Waals surface area contributed by atoms with Gasteiger partial charge in [-0.2, -0.15) is 0 Å². The van der Waals surface area contributed by atoms with Crippen molar-refractivity contribution in [2.45, 2.75) is 32.7 Å². The molecule has 2 heterocycles. The van der Waals surface area contributed by atoms with Crippen LogP contribution in [0, 0.1) is 5.92 Å². The molecule has 0 fully saturated rings. The van der Waals surface area contributed by atoms with Crippen LogP contribution in [0.3, 0.4) is 0 Å². The number of rotatable bonds is 2. The third-order valence-electron chi connectivity index (χ3n) is 3.72. The Morgan fingerprint density at radius 1 is 1.39 bits per heavy atom. The summed E-state index contributed by atoms with van der Waals surface area (Å²) < 4.78 is 0. The molecule has 18 heavy (non-hydrogen) atoms. The Kier molecular flexibility index (Phi) is 3.08. The van der Waals surface area contributed by atoms with Crippen molar-refractivity contribution in [3.05, 3.63) is 34.5 Å². The fourth-order valence-corrected chi connectivity index (χ4v) is 3.13. The lowest BCUT2D eigenvalue weighted by Crippen LogP contribution is -2.30. The summed E-state index contributed by atoms with van der Waals surface area (Å²) in [6.07, 6.45) is 2.26. The van der Waals surface area contributed by atoms with Crippen molar-refractivity contribution in [3.8, 4) is 0 Å². The van der Waals surface area contributed by atoms with Crippen LogP contribution in [0.25, 0.3) is 10.9 Å². The summed E-state index contributed by atoms with van der Waals surface area (Å²) in [5, 5.41) is 5.74. The largest absolute Gasteiger partial charge is 0.357 e. The number of H-pyrrole nitrogens is 1. The average Bonchev–Trinajstić information content (AvgIpc) is 2.68. The molecule has 0 unspecified atom stereocenters. The second-order valence-electron chi connectivity index (χ2n) is 5.59. The van der Waals surface area contributed by atoms with Crippen LogP contribution in [0.4, 0.5) is 0 Å². The smallest absolute Gasteiger partial charge is 0.0478 e. The van der Waals surface area contributed by atoms with E-state index >= 15 is 0 Å². The Labute approximate surface area is 113 Å². The fourth-order valence-electron chi connectivity index (χ4n) is 2.95. The van der Waals surface area contributed by atoms with Crippen molar-refractivity contribution in [1.29, 1.82) is 0 Å². The highest BCUT2D eigenvalue weighted by Crippen LogP contribution is 2.33. The van der Waals surface area contributed by atoms with Gasteiger partial charge in [-0.05, 0) is 49.1 Å². The minimum Gasteiger partial charge on any atom is -0.357 e. The molecular weight excluding hydrogens is 244 g/mol. The van der Waals surface area contributed by atoms with Crippen molar-refractivity contribution < 1.29 is 0 Å². The van der Waals surface area contributed by atoms with E-state index in [0.717, 1.165) is 18.0 Å². The second kappa shape index (κ2) is 4.60. The van der Waals surface area contributed by atoms with Crippen LogP contribution in [-0.4, -0.2) is 11.5 Å². The first-order valence-corrected chi connectivity index (χ1v) is 7.06. The van der Waals surface area contributed by atoms with Gasteiger partial charge in [0.2, 0.25) is 0 Å². The zero-order valence-corrected chi connectivity index (χ0v) is 11.6. The summed E-state index contributed by atoms with van der Waals surface area (Å²) in [5.74, 6) is 0.698. The SMILES string of the molecule is CC(C)C[C@H]1NCCc2c1[nH]c1ccc(Cl)cc21. The molecule has 1 atom stereocenters. The van der Waals surface area contributed by atoms with Gasteiger partial charge < -0.3 is 10.3 Å². The molecule has 1 aliphatic heterocycles. The predicted molar refractivity (Wildman–Crippen MR) is 77.2 cm³/mol. The third kappa shape index (κ3) is 2.04. The summed E-state index contributed by atoms with van der Waals surface area (Å²) in [5.41, 5.74) is 4.03. The first-order chi connectivity index (χ1) is 8.65. The lowest BCUT2D eigenvalue weighted by atomic mass is 9.93. The maximum atomic E-state index is 6.11. The summed E-state index contributed by atoms with van der Waals surface area (Å²) in [6.45, 7) is 5.61. The zero-order chi connectivity index (χ0) is 12.7. The molecule has 0 amide bonds. The molecule has 0 spiro atoms. The highest BCUT2D eigenvalue weighted by molar-refractivity contribution is 6.31. The second-order valence-corrected chi connectivity index (χ2v) is 6.03. The van der Waals surface area contributed by atoms with Crippen LogP contribution in [-0.2, 0) is 6.42 Å². The number of fused-ring (bicyclic) bond motifs is 3. The predicted octanol–water partition coefficient (Wildman–Crippen LogP) is 4.05. The maximum Gasteiger partial charge on any atom is 0.0478 e. The number of hydrogen-bond acceptors (Lipinski definition) is 1. The van der Waals surface area contributed by atoms with E-state index in [1.807, 2.05) is 6.07 Å². The molecule has 0 bridgehead atoms. The first-order valence-electron chi connectivity index (χ1n) is 6.68. The van der Waals surface area contributed by atoms with Crippen LogP contribution >= 0.6 is 11.6 Å². The van der Waals surface area contributed by atoms with Crippen LogP contribution < -0.4 is 5.32 Å². The highest BCUT2D eigenvalue weighted by Gasteiger charge is 2.24. The quantitative estimate of drug-likeness (QED) is 0.840. The first kappa shape index (κ1) is 12.1. The van der Waals surface area contributed by atoms with Crippen LogP contribution in [0.5, 0.6) is 0 Å². The maximum absolute atomic E-state index is 6.11. The van der Waals surface area contributed by atoms with E-state index in [-0.39, 0.29) is 0 Å². The van der Waals surface area contributed by atoms with Crippen molar-refractivity contribution in [2.24, 2.45) is 5.92 Å². The molecule has 96 valence electrons. The highest BCUT2D eigenvalue weighted by atomic mass is 35.5. The van der Waals surface area contributed by atoms with Gasteiger partial charge in [-0.3, -0.25) is 0 Å². The van der Waals surface area contributed by atoms with Crippen molar-refractivity contribution in [2.75, 3.05) is 6.54 Å². The molecular formula is C15H19ClN2. The fraction of sp³-hybridized carbons (Fsp3) is 0.467. The van der Waals surface area contributed by atoms with Gasteiger partial charge in [0.05, 0.1) is 0 Å². The molecule has 0 saturated heterocycles. The Hall–Kier alpha value is -0.990. The van der Waals surface area contributed by atoms with Crippen molar-refractivity contribution in [1.82, 2.24) is 10.3 Å². The van der Waals surface area contributed by atoms with Crippen LogP contribution in [0.15, 0.2) is 18.2 Å². The Morgan fingerprint density at radius 2 is 2.22 bits per heavy atom. The van der Waals surface area contributed by atoms with Crippen LogP contribution in [0.2, 0.25) is 5.02 Å². The normalized spacial score (nSPS) is 19.4. The summed E-state index contributed by atoms with van der Waals surface area (Å²) in [7, 11) is 0. The molecule has 2 aromatic rings. The number of aromatic nitrogens is 1. The van der Waals surface area contributed by atoms with E-state index in [2.05, 4.69) is 36.3 Å². The molecule has 2 nitrogen and oxygen atoms in total. The van der Waals surface area contributed by atoms with E-state index in [1.54, 1.807) is 0 Å². The van der Waals surface area contributed by atoms with Gasteiger partial charge in [0.1, 0.15) is 0 Å². The molecule has 0 aliphatic carbocycles. The number of halogens is 1. The topological polar surface area (TPSA) is 27.8 Å². The van der Waals surface area contributed by atoms with Gasteiger partial charge >= 0.3 is 0 Å². The van der Waals surface area contributed by atoms with E-state index in [4.69, 9.17) is 11.6 Å². The Morgan fingerprint density at radius 3 is 3.00 bits per heavy atom. The van der Waals surface area contributed by atoms with E-state index in [1.165, 1.54) is 28.6 Å². The van der Waals surface area contributed by atoms with Gasteiger partial charge in [-0.15, -0.1) is 0 Å². The molecule has 2 N–H and O–H groups in total. The van der Waals surface area contributed by atoms with Crippen LogP contribution in [0.1, 0.15) is 37.6 Å². The molecule has 0 saturated carbocycles. The average molecular weight is 263 g/mol. The standard InChI is InChI=1S/C15H19ClN2/c1-9(2)7-14-15-11(5-6-17-14)12-8-10(16)3-4-13(12)18-15/h3-4,8-9,14,17-18H,5-7H2,1-2H3/t14-/m1/s1. The minimum absolute atomic E-state index is 0.458. The molecule has 3 rings (SSSR count). The van der Waals surface area contributed by atoms with Gasteiger partial charge in [0.25, 0.3) is 0 Å². The molecule has 1 aromatic carbocycles. The van der Waals surface area contributed by atoms with Crippen molar-refractivity contribution in [3.63, 3.8) is 0 Å². The lowest BCUT2D eigenvalue weighted by Gasteiger charge is -2.25. The number of nitrogens with one attached hydrogen (secondary N) is 2. The molecule has 1 aliphatic rings. The van der Waals surface area contributed by atoms with Gasteiger partial charge in [0.15, 0.2) is 0 Å². The Balaban J connectivity index is 2.09. The van der Waals surface area contributed by atoms with E-state index < -0.39 is 0 Å². The lowest BCUT2D eigenvalue weighted by molar-refractivity contribution is 0.409. The summed E-state index contributed by atoms with van der Waals surface area (Å²) in [4.78, 5) is 3.58. The molecule has 1 aromatic heterocycles. The Bertz CT molecular complexity index is 571. The van der Waals surface area contributed by atoms with Gasteiger partial charge in [0, 0.05) is 27.7 Å². The van der Waals surface area contributed by atoms with Crippen molar-refractivity contribution >= 4 is 22.5 Å². The number of aromatic amines is 1.